The molecule has 0 saturated heterocycles. The van der Waals surface area contributed by atoms with Gasteiger partial charge in [0.05, 0.1) is 0 Å². The standard InChI is InChI=1S/C31H36ClN3O3.ClH/c1-19(2)29(33)31(37)38-28-10-7-15-35(27-14-12-23(32)17-26(27)28)18-22-11-13-24(16-21(22)4)34-30(36)25-9-6-5-8-20(25)3;/h5-6,8-9,11-14,16-17,19,28-29H,7,10,15,18,33H2,1-4H3,(H,34,36);1H/t28?,29-;/m0./s1. The van der Waals surface area contributed by atoms with Crippen LogP contribution in [0.4, 0.5) is 11.4 Å². The molecule has 0 radical (unpaired) electrons. The molecule has 8 heteroatoms. The fourth-order valence-electron chi connectivity index (χ4n) is 4.78. The Balaban J connectivity index is 0.00000420. The maximum absolute atomic E-state index is 12.8. The van der Waals surface area contributed by atoms with Crippen LogP contribution in [0.3, 0.4) is 0 Å². The molecular formula is C31H37Cl2N3O3. The topological polar surface area (TPSA) is 84.7 Å². The zero-order chi connectivity index (χ0) is 27.4. The van der Waals surface area contributed by atoms with Gasteiger partial charge < -0.3 is 20.7 Å². The number of rotatable bonds is 7. The van der Waals surface area contributed by atoms with Gasteiger partial charge in [-0.3, -0.25) is 9.59 Å². The highest BCUT2D eigenvalue weighted by atomic mass is 35.5. The Morgan fingerprint density at radius 1 is 1.08 bits per heavy atom. The molecule has 1 unspecified atom stereocenters. The molecule has 208 valence electrons. The quantitative estimate of drug-likeness (QED) is 0.299. The first-order valence-corrected chi connectivity index (χ1v) is 13.5. The summed E-state index contributed by atoms with van der Waals surface area (Å²) in [6, 6.07) is 18.7. The predicted octanol–water partition coefficient (Wildman–Crippen LogP) is 7.00. The van der Waals surface area contributed by atoms with Crippen molar-refractivity contribution in [1.29, 1.82) is 0 Å². The van der Waals surface area contributed by atoms with Crippen LogP contribution in [0.15, 0.2) is 60.7 Å². The van der Waals surface area contributed by atoms with E-state index in [0.29, 0.717) is 23.6 Å². The van der Waals surface area contributed by atoms with Crippen LogP contribution in [-0.2, 0) is 16.1 Å². The lowest BCUT2D eigenvalue weighted by molar-refractivity contribution is -0.152. The van der Waals surface area contributed by atoms with E-state index in [0.717, 1.165) is 46.6 Å². The number of benzene rings is 3. The van der Waals surface area contributed by atoms with Gasteiger partial charge in [0, 0.05) is 40.6 Å². The van der Waals surface area contributed by atoms with Crippen molar-refractivity contribution in [3.05, 3.63) is 93.5 Å². The smallest absolute Gasteiger partial charge is 0.323 e. The summed E-state index contributed by atoms with van der Waals surface area (Å²) in [4.78, 5) is 27.7. The second kappa shape index (κ2) is 13.3. The van der Waals surface area contributed by atoms with Crippen molar-refractivity contribution in [1.82, 2.24) is 0 Å². The van der Waals surface area contributed by atoms with Crippen LogP contribution in [0, 0.1) is 19.8 Å². The van der Waals surface area contributed by atoms with Crippen LogP contribution in [0.1, 0.15) is 65.4 Å². The molecule has 0 aliphatic carbocycles. The van der Waals surface area contributed by atoms with Gasteiger partial charge in [-0.05, 0) is 85.7 Å². The van der Waals surface area contributed by atoms with Crippen molar-refractivity contribution in [2.45, 2.75) is 59.2 Å². The van der Waals surface area contributed by atoms with Gasteiger partial charge in [0.1, 0.15) is 12.1 Å². The van der Waals surface area contributed by atoms with Gasteiger partial charge in [0.25, 0.3) is 5.91 Å². The molecule has 0 bridgehead atoms. The zero-order valence-electron chi connectivity index (χ0n) is 22.9. The largest absolute Gasteiger partial charge is 0.456 e. The maximum atomic E-state index is 12.8. The lowest BCUT2D eigenvalue weighted by Crippen LogP contribution is -2.37. The first-order valence-electron chi connectivity index (χ1n) is 13.1. The van der Waals surface area contributed by atoms with Crippen LogP contribution in [0.25, 0.3) is 0 Å². The van der Waals surface area contributed by atoms with E-state index in [-0.39, 0.29) is 30.2 Å². The number of carbonyl (C=O) groups excluding carboxylic acids is 2. The van der Waals surface area contributed by atoms with Crippen LogP contribution >= 0.6 is 24.0 Å². The van der Waals surface area contributed by atoms with Crippen LogP contribution in [0.5, 0.6) is 0 Å². The minimum absolute atomic E-state index is 0. The number of nitrogens with one attached hydrogen (secondary N) is 1. The van der Waals surface area contributed by atoms with Gasteiger partial charge in [-0.1, -0.05) is 49.7 Å². The van der Waals surface area contributed by atoms with Gasteiger partial charge >= 0.3 is 5.97 Å². The van der Waals surface area contributed by atoms with Gasteiger partial charge in [-0.25, -0.2) is 0 Å². The van der Waals surface area contributed by atoms with E-state index >= 15 is 0 Å². The lowest BCUT2D eigenvalue weighted by Gasteiger charge is -2.27. The highest BCUT2D eigenvalue weighted by Gasteiger charge is 2.29. The molecule has 6 nitrogen and oxygen atoms in total. The number of amides is 1. The lowest BCUT2D eigenvalue weighted by atomic mass is 10.0. The first kappa shape index (κ1) is 30.5. The second-order valence-electron chi connectivity index (χ2n) is 10.4. The predicted molar refractivity (Wildman–Crippen MR) is 161 cm³/mol. The Morgan fingerprint density at radius 2 is 1.82 bits per heavy atom. The highest BCUT2D eigenvalue weighted by molar-refractivity contribution is 6.30. The average Bonchev–Trinajstić information content (AvgIpc) is 3.04. The minimum atomic E-state index is -0.663. The molecule has 0 aromatic heterocycles. The number of hydrogen-bond acceptors (Lipinski definition) is 5. The average molecular weight is 571 g/mol. The van der Waals surface area contributed by atoms with Gasteiger partial charge in [0.15, 0.2) is 0 Å². The summed E-state index contributed by atoms with van der Waals surface area (Å²) in [5.41, 5.74) is 12.6. The summed E-state index contributed by atoms with van der Waals surface area (Å²) in [7, 11) is 0. The van der Waals surface area contributed by atoms with E-state index in [4.69, 9.17) is 22.1 Å². The molecule has 0 saturated carbocycles. The number of carbonyl (C=O) groups is 2. The number of ether oxygens (including phenoxy) is 1. The van der Waals surface area contributed by atoms with Gasteiger partial charge in [0.2, 0.25) is 0 Å². The van der Waals surface area contributed by atoms with E-state index in [1.54, 1.807) is 0 Å². The Labute approximate surface area is 242 Å². The first-order chi connectivity index (χ1) is 18.1. The van der Waals surface area contributed by atoms with Gasteiger partial charge in [-0.15, -0.1) is 12.4 Å². The Kier molecular flexibility index (Phi) is 10.4. The monoisotopic (exact) mass is 569 g/mol. The number of aryl methyl sites for hydroxylation is 2. The van der Waals surface area contributed by atoms with Crippen LogP contribution in [0.2, 0.25) is 5.02 Å². The molecule has 4 rings (SSSR count). The van der Waals surface area contributed by atoms with Crippen molar-refractivity contribution in [2.75, 3.05) is 16.8 Å². The number of hydrogen-bond donors (Lipinski definition) is 2. The molecule has 39 heavy (non-hydrogen) atoms. The number of anilines is 2. The molecule has 0 fully saturated rings. The molecule has 1 aliphatic rings. The molecular weight excluding hydrogens is 533 g/mol. The Bertz CT molecular complexity index is 1330. The Hall–Kier alpha value is -3.06. The van der Waals surface area contributed by atoms with E-state index in [1.807, 2.05) is 75.4 Å². The number of esters is 1. The second-order valence-corrected chi connectivity index (χ2v) is 10.8. The van der Waals surface area contributed by atoms with Gasteiger partial charge in [-0.2, -0.15) is 0 Å². The van der Waals surface area contributed by atoms with Crippen molar-refractivity contribution in [2.24, 2.45) is 11.7 Å². The van der Waals surface area contributed by atoms with Crippen molar-refractivity contribution >= 4 is 47.3 Å². The molecule has 0 spiro atoms. The molecule has 3 aromatic rings. The number of fused-ring (bicyclic) bond motifs is 1. The molecule has 3 N–H and O–H groups in total. The molecule has 1 aliphatic heterocycles. The van der Waals surface area contributed by atoms with E-state index < -0.39 is 12.1 Å². The number of halogens is 2. The SMILES string of the molecule is Cc1cc(NC(=O)c2ccccc2C)ccc1CN1CCCC(OC(=O)[C@@H](N)C(C)C)c2cc(Cl)ccc21.Cl. The maximum Gasteiger partial charge on any atom is 0.323 e. The normalized spacial score (nSPS) is 15.6. The fraction of sp³-hybridized carbons (Fsp3) is 0.355. The summed E-state index contributed by atoms with van der Waals surface area (Å²) in [5.74, 6) is -0.508. The third kappa shape index (κ3) is 7.33. The van der Waals surface area contributed by atoms with E-state index in [9.17, 15) is 9.59 Å². The molecule has 2 atom stereocenters. The van der Waals surface area contributed by atoms with Crippen molar-refractivity contribution in [3.63, 3.8) is 0 Å². The fourth-order valence-corrected chi connectivity index (χ4v) is 4.96. The Morgan fingerprint density at radius 3 is 2.51 bits per heavy atom. The summed E-state index contributed by atoms with van der Waals surface area (Å²) >= 11 is 6.37. The third-order valence-corrected chi connectivity index (χ3v) is 7.41. The van der Waals surface area contributed by atoms with Crippen LogP contribution in [-0.4, -0.2) is 24.5 Å². The highest BCUT2D eigenvalue weighted by Crippen LogP contribution is 2.38. The number of nitrogens with two attached hydrogens (primary N) is 1. The van der Waals surface area contributed by atoms with Crippen molar-refractivity contribution in [3.8, 4) is 0 Å². The summed E-state index contributed by atoms with van der Waals surface area (Å²) in [6.07, 6.45) is 1.15. The molecule has 3 aromatic carbocycles. The summed E-state index contributed by atoms with van der Waals surface area (Å²) < 4.78 is 5.91. The summed E-state index contributed by atoms with van der Waals surface area (Å²) in [5, 5.41) is 3.62. The third-order valence-electron chi connectivity index (χ3n) is 7.17. The van der Waals surface area contributed by atoms with Crippen LogP contribution < -0.4 is 16.0 Å². The molecule has 1 amide bonds. The van der Waals surface area contributed by atoms with E-state index in [1.165, 1.54) is 0 Å². The summed E-state index contributed by atoms with van der Waals surface area (Å²) in [6.45, 7) is 9.29. The molecule has 1 heterocycles. The zero-order valence-corrected chi connectivity index (χ0v) is 24.4. The minimum Gasteiger partial charge on any atom is -0.456 e. The van der Waals surface area contributed by atoms with E-state index in [2.05, 4.69) is 23.2 Å². The number of nitrogens with zero attached hydrogens (tertiary/aromatic N) is 1. The van der Waals surface area contributed by atoms with Crippen molar-refractivity contribution < 1.29 is 14.3 Å².